The number of carbonyl (C=O) groups is 1. The van der Waals surface area contributed by atoms with E-state index in [1.54, 1.807) is 13.8 Å². The molecule has 7 nitrogen and oxygen atoms in total. The molecule has 0 aliphatic carbocycles. The molecular weight excluding hydrogens is 426 g/mol. The van der Waals surface area contributed by atoms with Gasteiger partial charge in [-0.3, -0.25) is 4.79 Å². The molecule has 166 valence electrons. The third-order valence-corrected chi connectivity index (χ3v) is 5.83. The number of benzene rings is 2. The Balaban J connectivity index is 1.39. The molecule has 0 unspecified atom stereocenters. The van der Waals surface area contributed by atoms with Gasteiger partial charge in [0.25, 0.3) is 5.91 Å². The maximum atomic E-state index is 12.1. The topological polar surface area (TPSA) is 102 Å². The molecule has 4 rings (SSSR count). The lowest BCUT2D eigenvalue weighted by molar-refractivity contribution is -0.129. The van der Waals surface area contributed by atoms with Crippen molar-refractivity contribution in [3.8, 4) is 17.0 Å². The highest BCUT2D eigenvalue weighted by Crippen LogP contribution is 2.35. The average Bonchev–Trinajstić information content (AvgIpc) is 2.73. The molecule has 2 aromatic carbocycles. The van der Waals surface area contributed by atoms with E-state index in [1.807, 2.05) is 49.4 Å². The van der Waals surface area contributed by atoms with E-state index in [9.17, 15) is 4.79 Å². The van der Waals surface area contributed by atoms with Gasteiger partial charge < -0.3 is 21.1 Å². The van der Waals surface area contributed by atoms with Crippen LogP contribution in [-0.2, 0) is 11.2 Å². The van der Waals surface area contributed by atoms with E-state index in [-0.39, 0.29) is 11.9 Å². The summed E-state index contributed by atoms with van der Waals surface area (Å²) in [7, 11) is 0. The number of aryl methyl sites for hydroxylation is 1. The predicted molar refractivity (Wildman–Crippen MR) is 128 cm³/mol. The molecular formula is C24H26ClN5O2. The van der Waals surface area contributed by atoms with Gasteiger partial charge in [0.2, 0.25) is 5.95 Å². The smallest absolute Gasteiger partial charge is 0.268 e. The van der Waals surface area contributed by atoms with Crippen LogP contribution in [0.3, 0.4) is 0 Å². The van der Waals surface area contributed by atoms with Crippen LogP contribution in [0.25, 0.3) is 11.3 Å². The van der Waals surface area contributed by atoms with Crippen LogP contribution in [0.4, 0.5) is 17.3 Å². The lowest BCUT2D eigenvalue weighted by atomic mass is 10.0. The van der Waals surface area contributed by atoms with Crippen molar-refractivity contribution in [3.05, 3.63) is 58.7 Å². The maximum Gasteiger partial charge on any atom is 0.268 e. The van der Waals surface area contributed by atoms with E-state index in [0.717, 1.165) is 47.6 Å². The number of aromatic nitrogens is 2. The first-order valence-electron chi connectivity index (χ1n) is 10.5. The first-order chi connectivity index (χ1) is 15.2. The van der Waals surface area contributed by atoms with Crippen LogP contribution in [-0.4, -0.2) is 28.0 Å². The Bertz CT molecular complexity index is 1180. The Morgan fingerprint density at radius 1 is 1.19 bits per heavy atom. The molecule has 0 fully saturated rings. The molecule has 0 radical (unpaired) electrons. The fourth-order valence-corrected chi connectivity index (χ4v) is 3.77. The highest BCUT2D eigenvalue weighted by Gasteiger charge is 2.35. The van der Waals surface area contributed by atoms with Gasteiger partial charge in [0.05, 0.1) is 11.4 Å². The lowest BCUT2D eigenvalue weighted by Crippen LogP contribution is -2.45. The first-order valence-corrected chi connectivity index (χ1v) is 10.9. The van der Waals surface area contributed by atoms with Gasteiger partial charge in [-0.05, 0) is 69.5 Å². The van der Waals surface area contributed by atoms with Gasteiger partial charge in [-0.1, -0.05) is 23.7 Å². The molecule has 1 aromatic heterocycles. The summed E-state index contributed by atoms with van der Waals surface area (Å²) in [4.78, 5) is 20.9. The molecule has 32 heavy (non-hydrogen) atoms. The molecule has 0 saturated carbocycles. The van der Waals surface area contributed by atoms with E-state index in [2.05, 4.69) is 20.6 Å². The zero-order chi connectivity index (χ0) is 22.9. The summed E-state index contributed by atoms with van der Waals surface area (Å²) in [6.07, 6.45) is 1.59. The number of anilines is 3. The first kappa shape index (κ1) is 21.9. The van der Waals surface area contributed by atoms with E-state index >= 15 is 0 Å². The highest BCUT2D eigenvalue weighted by molar-refractivity contribution is 6.31. The average molecular weight is 452 g/mol. The predicted octanol–water partition coefficient (Wildman–Crippen LogP) is 4.84. The van der Waals surface area contributed by atoms with Crippen molar-refractivity contribution in [2.75, 3.05) is 22.9 Å². The molecule has 8 heteroatoms. The van der Waals surface area contributed by atoms with Gasteiger partial charge in [0.1, 0.15) is 5.75 Å². The Labute approximate surface area is 192 Å². The second-order valence-corrected chi connectivity index (χ2v) is 8.73. The minimum absolute atomic E-state index is 0.158. The molecule has 1 aliphatic rings. The molecule has 4 N–H and O–H groups in total. The Kier molecular flexibility index (Phi) is 5.93. The summed E-state index contributed by atoms with van der Waals surface area (Å²) >= 11 is 6.26. The molecule has 1 aliphatic heterocycles. The molecule has 2 heterocycles. The Morgan fingerprint density at radius 3 is 2.81 bits per heavy atom. The summed E-state index contributed by atoms with van der Waals surface area (Å²) in [5.41, 5.74) is 10.2. The summed E-state index contributed by atoms with van der Waals surface area (Å²) < 4.78 is 5.77. The van der Waals surface area contributed by atoms with Gasteiger partial charge in [0.15, 0.2) is 5.60 Å². The largest absolute Gasteiger partial charge is 0.476 e. The second kappa shape index (κ2) is 8.67. The fraction of sp³-hybridized carbons (Fsp3) is 0.292. The number of fused-ring (bicyclic) bond motifs is 1. The summed E-state index contributed by atoms with van der Waals surface area (Å²) in [6.45, 7) is 6.19. The van der Waals surface area contributed by atoms with Crippen molar-refractivity contribution in [3.63, 3.8) is 0 Å². The van der Waals surface area contributed by atoms with Gasteiger partial charge in [-0.2, -0.15) is 0 Å². The lowest BCUT2D eigenvalue weighted by Gasteiger charge is -2.31. The van der Waals surface area contributed by atoms with Gasteiger partial charge in [-0.15, -0.1) is 0 Å². The van der Waals surface area contributed by atoms with Crippen LogP contribution in [0.1, 0.15) is 31.5 Å². The van der Waals surface area contributed by atoms with Crippen molar-refractivity contribution in [1.29, 1.82) is 0 Å². The van der Waals surface area contributed by atoms with Crippen molar-refractivity contribution < 1.29 is 9.53 Å². The molecule has 3 aromatic rings. The van der Waals surface area contributed by atoms with E-state index in [4.69, 9.17) is 22.1 Å². The van der Waals surface area contributed by atoms with Crippen LogP contribution in [0.5, 0.6) is 5.75 Å². The van der Waals surface area contributed by atoms with Gasteiger partial charge in [-0.25, -0.2) is 9.97 Å². The quantitative estimate of drug-likeness (QED) is 0.463. The Hall–Kier alpha value is -3.32. The van der Waals surface area contributed by atoms with E-state index < -0.39 is 5.60 Å². The highest BCUT2D eigenvalue weighted by atomic mass is 35.5. The normalized spacial score (nSPS) is 14.3. The molecule has 0 atom stereocenters. The van der Waals surface area contributed by atoms with E-state index in [0.29, 0.717) is 16.5 Å². The molecule has 0 saturated heterocycles. The minimum Gasteiger partial charge on any atom is -0.476 e. The molecule has 1 amide bonds. The van der Waals surface area contributed by atoms with Gasteiger partial charge in [0, 0.05) is 28.5 Å². The van der Waals surface area contributed by atoms with Crippen LogP contribution in [0.2, 0.25) is 5.02 Å². The number of nitrogens with zero attached hydrogens (tertiary/aromatic N) is 2. The van der Waals surface area contributed by atoms with Crippen LogP contribution >= 0.6 is 11.6 Å². The van der Waals surface area contributed by atoms with E-state index in [1.165, 1.54) is 0 Å². The van der Waals surface area contributed by atoms with Crippen LogP contribution < -0.4 is 21.1 Å². The number of hydrogen-bond acceptors (Lipinski definition) is 6. The zero-order valence-corrected chi connectivity index (χ0v) is 19.1. The third kappa shape index (κ3) is 4.62. The number of halogens is 1. The summed E-state index contributed by atoms with van der Waals surface area (Å²) in [6, 6.07) is 13.4. The van der Waals surface area contributed by atoms with Crippen LogP contribution in [0.15, 0.2) is 42.5 Å². The van der Waals surface area contributed by atoms with Crippen molar-refractivity contribution in [1.82, 2.24) is 9.97 Å². The fourth-order valence-electron chi connectivity index (χ4n) is 3.59. The van der Waals surface area contributed by atoms with Crippen molar-refractivity contribution >= 4 is 34.8 Å². The number of nitrogens with two attached hydrogens (primary N) is 1. The number of amides is 1. The summed E-state index contributed by atoms with van der Waals surface area (Å²) in [5, 5.41) is 6.97. The maximum absolute atomic E-state index is 12.1. The van der Waals surface area contributed by atoms with Crippen LogP contribution in [0, 0.1) is 6.92 Å². The monoisotopic (exact) mass is 451 g/mol. The standard InChI is InChI=1S/C24H26ClN5O2/c1-14-17(7-4-8-18(14)25)19-13-16(28-23(26)30-19)6-5-11-27-15-9-10-21-20(12-15)29-22(31)24(2,3)32-21/h4,7-10,12-13,27H,5-6,11H2,1-3H3,(H,29,31)(H2,26,28,30). The Morgan fingerprint density at radius 2 is 2.00 bits per heavy atom. The number of carbonyl (C=O) groups excluding carboxylic acids is 1. The van der Waals surface area contributed by atoms with Crippen molar-refractivity contribution in [2.45, 2.75) is 39.2 Å². The zero-order valence-electron chi connectivity index (χ0n) is 18.3. The molecule has 0 bridgehead atoms. The number of ether oxygens (including phenoxy) is 1. The number of nitrogens with one attached hydrogen (secondary N) is 2. The number of nitrogen functional groups attached to an aromatic ring is 1. The SMILES string of the molecule is Cc1c(Cl)cccc1-c1cc(CCCNc2ccc3c(c2)NC(=O)C(C)(C)O3)nc(N)n1. The summed E-state index contributed by atoms with van der Waals surface area (Å²) in [5.74, 6) is 0.757. The van der Waals surface area contributed by atoms with Gasteiger partial charge >= 0.3 is 0 Å². The third-order valence-electron chi connectivity index (χ3n) is 5.42. The number of hydrogen-bond donors (Lipinski definition) is 3. The second-order valence-electron chi connectivity index (χ2n) is 8.32. The minimum atomic E-state index is -0.871. The van der Waals surface area contributed by atoms with Crippen molar-refractivity contribution in [2.24, 2.45) is 0 Å². The number of rotatable bonds is 6. The molecule has 0 spiro atoms.